The van der Waals surface area contributed by atoms with E-state index in [0.29, 0.717) is 5.56 Å². The number of rotatable bonds is 5. The van der Waals surface area contributed by atoms with Gasteiger partial charge in [-0.05, 0) is 31.2 Å². The molecule has 0 unspecified atom stereocenters. The smallest absolute Gasteiger partial charge is 0.395 e. The van der Waals surface area contributed by atoms with E-state index < -0.39 is 30.1 Å². The van der Waals surface area contributed by atoms with Crippen molar-refractivity contribution in [3.05, 3.63) is 65.0 Å². The minimum absolute atomic E-state index is 0.107. The normalized spacial score (nSPS) is 13.9. The van der Waals surface area contributed by atoms with Crippen LogP contribution in [0.3, 0.4) is 0 Å². The summed E-state index contributed by atoms with van der Waals surface area (Å²) in [7, 11) is 0. The minimum atomic E-state index is -3.79. The Balaban J connectivity index is 1.50. The van der Waals surface area contributed by atoms with Gasteiger partial charge in [-0.1, -0.05) is 12.1 Å². The van der Waals surface area contributed by atoms with Gasteiger partial charge >= 0.3 is 6.29 Å². The molecule has 3 heterocycles. The molecule has 174 valence electrons. The van der Waals surface area contributed by atoms with E-state index in [4.69, 9.17) is 0 Å². The van der Waals surface area contributed by atoms with E-state index >= 15 is 0 Å². The highest BCUT2D eigenvalue weighted by Gasteiger charge is 2.43. The summed E-state index contributed by atoms with van der Waals surface area (Å²) in [6, 6.07) is 9.57. The molecule has 2 aromatic carbocycles. The second-order valence-corrected chi connectivity index (χ2v) is 7.38. The Hall–Kier alpha value is -4.35. The van der Waals surface area contributed by atoms with Gasteiger partial charge in [-0.3, -0.25) is 9.59 Å². The first-order chi connectivity index (χ1) is 16.3. The van der Waals surface area contributed by atoms with E-state index in [2.05, 4.69) is 24.5 Å². The van der Waals surface area contributed by atoms with Crippen LogP contribution in [0.25, 0.3) is 22.3 Å². The summed E-state index contributed by atoms with van der Waals surface area (Å²) < 4.78 is 50.3. The SMILES string of the molecule is CCN(C(=O)Cn1nc(-c2cccc(F)c2)c2nc[nH]c2c1=O)c1ccc2c(c1)OC(F)(F)O2. The Morgan fingerprint density at radius 2 is 1.97 bits per heavy atom. The number of halogens is 3. The van der Waals surface area contributed by atoms with Crippen molar-refractivity contribution in [3.63, 3.8) is 0 Å². The van der Waals surface area contributed by atoms with Crippen molar-refractivity contribution in [2.75, 3.05) is 11.4 Å². The third kappa shape index (κ3) is 3.72. The van der Waals surface area contributed by atoms with Gasteiger partial charge in [0.1, 0.15) is 29.1 Å². The van der Waals surface area contributed by atoms with E-state index in [-0.39, 0.29) is 40.5 Å². The van der Waals surface area contributed by atoms with Crippen LogP contribution >= 0.6 is 0 Å². The molecule has 0 saturated heterocycles. The monoisotopic (exact) mass is 471 g/mol. The lowest BCUT2D eigenvalue weighted by Crippen LogP contribution is -2.37. The molecule has 0 saturated carbocycles. The highest BCUT2D eigenvalue weighted by atomic mass is 19.3. The maximum atomic E-state index is 13.8. The number of imidazole rings is 1. The molecule has 1 aliphatic rings. The van der Waals surface area contributed by atoms with Crippen LogP contribution in [-0.2, 0) is 11.3 Å². The van der Waals surface area contributed by atoms with Crippen LogP contribution in [0.4, 0.5) is 18.9 Å². The Kier molecular flexibility index (Phi) is 5.00. The molecule has 12 heteroatoms. The number of ether oxygens (including phenoxy) is 2. The van der Waals surface area contributed by atoms with Crippen LogP contribution in [0.15, 0.2) is 53.6 Å². The zero-order valence-electron chi connectivity index (χ0n) is 17.6. The molecule has 1 aliphatic heterocycles. The summed E-state index contributed by atoms with van der Waals surface area (Å²) >= 11 is 0. The number of benzene rings is 2. The first-order valence-corrected chi connectivity index (χ1v) is 10.2. The summed E-state index contributed by atoms with van der Waals surface area (Å²) in [6.07, 6.45) is -2.48. The van der Waals surface area contributed by atoms with Crippen molar-refractivity contribution < 1.29 is 27.4 Å². The number of hydrogen-bond acceptors (Lipinski definition) is 6. The largest absolute Gasteiger partial charge is 0.586 e. The summed E-state index contributed by atoms with van der Waals surface area (Å²) in [6.45, 7) is 1.39. The zero-order chi connectivity index (χ0) is 24.0. The second kappa shape index (κ2) is 7.90. The number of hydrogen-bond donors (Lipinski definition) is 1. The molecule has 0 spiro atoms. The Labute approximate surface area is 189 Å². The lowest BCUT2D eigenvalue weighted by Gasteiger charge is -2.21. The number of amides is 1. The van der Waals surface area contributed by atoms with E-state index in [1.807, 2.05) is 0 Å². The van der Waals surface area contributed by atoms with Crippen LogP contribution in [0.2, 0.25) is 0 Å². The van der Waals surface area contributed by atoms with Crippen LogP contribution in [0.5, 0.6) is 11.5 Å². The van der Waals surface area contributed by atoms with Gasteiger partial charge in [-0.25, -0.2) is 14.1 Å². The molecule has 5 rings (SSSR count). The van der Waals surface area contributed by atoms with Gasteiger partial charge in [-0.15, -0.1) is 8.78 Å². The molecule has 1 amide bonds. The fourth-order valence-corrected chi connectivity index (χ4v) is 3.74. The van der Waals surface area contributed by atoms with Crippen LogP contribution < -0.4 is 19.9 Å². The fourth-order valence-electron chi connectivity index (χ4n) is 3.74. The molecule has 4 aromatic rings. The highest BCUT2D eigenvalue weighted by molar-refractivity contribution is 5.94. The molecule has 34 heavy (non-hydrogen) atoms. The van der Waals surface area contributed by atoms with Gasteiger partial charge in [-0.2, -0.15) is 5.10 Å². The Bertz CT molecular complexity index is 1480. The van der Waals surface area contributed by atoms with Crippen molar-refractivity contribution >= 4 is 22.6 Å². The minimum Gasteiger partial charge on any atom is -0.395 e. The summed E-state index contributed by atoms with van der Waals surface area (Å²) in [4.78, 5) is 34.2. The number of nitrogens with zero attached hydrogens (tertiary/aromatic N) is 4. The van der Waals surface area contributed by atoms with Crippen LogP contribution in [0, 0.1) is 5.82 Å². The van der Waals surface area contributed by atoms with Gasteiger partial charge in [0.15, 0.2) is 11.5 Å². The van der Waals surface area contributed by atoms with Crippen molar-refractivity contribution in [3.8, 4) is 22.8 Å². The molecule has 0 fully saturated rings. The number of anilines is 1. The van der Waals surface area contributed by atoms with Gasteiger partial charge in [0.05, 0.1) is 6.33 Å². The van der Waals surface area contributed by atoms with Crippen molar-refractivity contribution in [2.45, 2.75) is 19.8 Å². The van der Waals surface area contributed by atoms with Gasteiger partial charge in [0.2, 0.25) is 5.91 Å². The van der Waals surface area contributed by atoms with E-state index in [1.165, 1.54) is 47.6 Å². The summed E-state index contributed by atoms with van der Waals surface area (Å²) in [5.74, 6) is -1.40. The third-order valence-electron chi connectivity index (χ3n) is 5.23. The lowest BCUT2D eigenvalue weighted by molar-refractivity contribution is -0.286. The van der Waals surface area contributed by atoms with Gasteiger partial charge in [0, 0.05) is 23.9 Å². The summed E-state index contributed by atoms with van der Waals surface area (Å²) in [5.41, 5.74) is 0.619. The maximum absolute atomic E-state index is 13.8. The van der Waals surface area contributed by atoms with Crippen molar-refractivity contribution in [1.29, 1.82) is 0 Å². The first kappa shape index (κ1) is 21.5. The molecule has 0 atom stereocenters. The first-order valence-electron chi connectivity index (χ1n) is 10.2. The number of carbonyl (C=O) groups is 1. The number of aromatic amines is 1. The molecule has 1 N–H and O–H groups in total. The average molecular weight is 471 g/mol. The molecule has 9 nitrogen and oxygen atoms in total. The molecule has 0 aliphatic carbocycles. The number of nitrogens with one attached hydrogen (secondary N) is 1. The topological polar surface area (TPSA) is 102 Å². The van der Waals surface area contributed by atoms with E-state index in [1.54, 1.807) is 13.0 Å². The molecular formula is C22H16F3N5O4. The van der Waals surface area contributed by atoms with Crippen LogP contribution in [0.1, 0.15) is 6.92 Å². The number of carbonyl (C=O) groups excluding carboxylic acids is 1. The second-order valence-electron chi connectivity index (χ2n) is 7.38. The van der Waals surface area contributed by atoms with Crippen molar-refractivity contribution in [1.82, 2.24) is 19.7 Å². The average Bonchev–Trinajstić information content (AvgIpc) is 3.39. The number of alkyl halides is 2. The van der Waals surface area contributed by atoms with E-state index in [9.17, 15) is 22.8 Å². The summed E-state index contributed by atoms with van der Waals surface area (Å²) in [5, 5.41) is 4.27. The van der Waals surface area contributed by atoms with Crippen molar-refractivity contribution in [2.24, 2.45) is 0 Å². The quantitative estimate of drug-likeness (QED) is 0.479. The predicted molar refractivity (Wildman–Crippen MR) is 114 cm³/mol. The number of fused-ring (bicyclic) bond motifs is 2. The molecular weight excluding hydrogens is 455 g/mol. The predicted octanol–water partition coefficient (Wildman–Crippen LogP) is 3.30. The fraction of sp³-hybridized carbons (Fsp3) is 0.182. The van der Waals surface area contributed by atoms with Crippen LogP contribution in [-0.4, -0.2) is 38.5 Å². The number of likely N-dealkylation sites (N-methyl/N-ethyl adjacent to an activating group) is 1. The number of aromatic nitrogens is 4. The van der Waals surface area contributed by atoms with E-state index in [0.717, 1.165) is 4.68 Å². The number of H-pyrrole nitrogens is 1. The zero-order valence-corrected chi connectivity index (χ0v) is 17.6. The van der Waals surface area contributed by atoms with Gasteiger partial charge in [0.25, 0.3) is 5.56 Å². The van der Waals surface area contributed by atoms with Gasteiger partial charge < -0.3 is 19.4 Å². The third-order valence-corrected chi connectivity index (χ3v) is 5.23. The Morgan fingerprint density at radius 3 is 2.74 bits per heavy atom. The lowest BCUT2D eigenvalue weighted by atomic mass is 10.1. The molecule has 0 bridgehead atoms. The standard InChI is InChI=1S/C22H16F3N5O4/c1-2-29(14-6-7-15-16(9-14)34-22(24,25)33-15)17(31)10-30-21(32)20-19(26-11-27-20)18(28-30)12-4-3-5-13(23)8-12/h3-9,11H,2,10H2,1H3,(H,26,27). The maximum Gasteiger partial charge on any atom is 0.586 e. The molecule has 2 aromatic heterocycles. The highest BCUT2D eigenvalue weighted by Crippen LogP contribution is 2.42. The Morgan fingerprint density at radius 1 is 1.18 bits per heavy atom. The molecule has 0 radical (unpaired) electrons.